The molecule has 0 aliphatic heterocycles. The van der Waals surface area contributed by atoms with Crippen molar-refractivity contribution in [1.29, 1.82) is 0 Å². The van der Waals surface area contributed by atoms with Gasteiger partial charge < -0.3 is 16.0 Å². The van der Waals surface area contributed by atoms with E-state index in [4.69, 9.17) is 5.53 Å². The van der Waals surface area contributed by atoms with Crippen molar-refractivity contribution in [3.63, 3.8) is 0 Å². The van der Waals surface area contributed by atoms with Gasteiger partial charge in [-0.25, -0.2) is 0 Å². The number of azide groups is 1. The summed E-state index contributed by atoms with van der Waals surface area (Å²) in [6, 6.07) is 9.00. The van der Waals surface area contributed by atoms with E-state index in [1.807, 2.05) is 30.3 Å². The zero-order valence-electron chi connectivity index (χ0n) is 13.7. The molecule has 1 rings (SSSR count). The van der Waals surface area contributed by atoms with E-state index in [0.29, 0.717) is 13.0 Å². The molecule has 1 aromatic rings. The van der Waals surface area contributed by atoms with Gasteiger partial charge >= 0.3 is 0 Å². The summed E-state index contributed by atoms with van der Waals surface area (Å²) >= 11 is 0. The van der Waals surface area contributed by atoms with E-state index < -0.39 is 6.04 Å². The summed E-state index contributed by atoms with van der Waals surface area (Å²) in [6.45, 7) is 6.09. The Kier molecular flexibility index (Phi) is 10.3. The molecule has 1 atom stereocenters. The number of hydrogen-bond donors (Lipinski definition) is 3. The Balaban J connectivity index is 2.27. The summed E-state index contributed by atoms with van der Waals surface area (Å²) in [4.78, 5) is 14.9. The Morgan fingerprint density at radius 3 is 2.65 bits per heavy atom. The molecule has 0 saturated carbocycles. The first kappa shape index (κ1) is 19.0. The molecule has 0 heterocycles. The van der Waals surface area contributed by atoms with Crippen LogP contribution in [0.15, 0.2) is 35.4 Å². The van der Waals surface area contributed by atoms with E-state index in [0.717, 1.165) is 38.2 Å². The molecule has 0 aromatic heterocycles. The van der Waals surface area contributed by atoms with Gasteiger partial charge in [0.05, 0.1) is 0 Å². The maximum atomic E-state index is 12.1. The normalized spacial score (nSPS) is 11.5. The topological polar surface area (TPSA) is 102 Å². The van der Waals surface area contributed by atoms with Gasteiger partial charge in [0.1, 0.15) is 6.04 Å². The molecule has 1 aromatic carbocycles. The highest BCUT2D eigenvalue weighted by Gasteiger charge is 2.15. The van der Waals surface area contributed by atoms with Crippen LogP contribution in [-0.2, 0) is 11.3 Å². The van der Waals surface area contributed by atoms with Crippen LogP contribution in [0.1, 0.15) is 25.3 Å². The average molecular weight is 318 g/mol. The fraction of sp³-hybridized carbons (Fsp3) is 0.562. The zero-order valence-corrected chi connectivity index (χ0v) is 13.7. The molecule has 23 heavy (non-hydrogen) atoms. The molecule has 0 aliphatic rings. The molecule has 0 radical (unpaired) electrons. The fourth-order valence-electron chi connectivity index (χ4n) is 2.11. The maximum absolute atomic E-state index is 12.1. The van der Waals surface area contributed by atoms with Gasteiger partial charge in [0.2, 0.25) is 5.91 Å². The Bertz CT molecular complexity index is 487. The van der Waals surface area contributed by atoms with Crippen molar-refractivity contribution >= 4 is 5.91 Å². The van der Waals surface area contributed by atoms with E-state index >= 15 is 0 Å². The number of carbonyl (C=O) groups excluding carboxylic acids is 1. The fourth-order valence-corrected chi connectivity index (χ4v) is 2.11. The first-order chi connectivity index (χ1) is 11.3. The van der Waals surface area contributed by atoms with Crippen LogP contribution in [0.5, 0.6) is 0 Å². The van der Waals surface area contributed by atoms with Crippen molar-refractivity contribution in [3.05, 3.63) is 46.3 Å². The SMILES string of the molecule is CCNCCNCCC[C@H](N=[N+]=[N-])C(=O)NCc1ccccc1. The summed E-state index contributed by atoms with van der Waals surface area (Å²) in [5, 5.41) is 12.9. The highest BCUT2D eigenvalue weighted by atomic mass is 16.2. The number of likely N-dealkylation sites (N-methyl/N-ethyl adjacent to an activating group) is 1. The van der Waals surface area contributed by atoms with Gasteiger partial charge in [-0.15, -0.1) is 0 Å². The Morgan fingerprint density at radius 2 is 1.96 bits per heavy atom. The van der Waals surface area contributed by atoms with Crippen LogP contribution in [0.4, 0.5) is 0 Å². The van der Waals surface area contributed by atoms with E-state index in [9.17, 15) is 4.79 Å². The second-order valence-corrected chi connectivity index (χ2v) is 5.17. The van der Waals surface area contributed by atoms with Crippen LogP contribution in [0.25, 0.3) is 10.4 Å². The van der Waals surface area contributed by atoms with Crippen molar-refractivity contribution in [2.75, 3.05) is 26.2 Å². The summed E-state index contributed by atoms with van der Waals surface area (Å²) in [6.07, 6.45) is 1.33. The highest BCUT2D eigenvalue weighted by molar-refractivity contribution is 5.81. The van der Waals surface area contributed by atoms with Gasteiger partial charge in [-0.3, -0.25) is 4.79 Å². The Hall–Kier alpha value is -2.08. The molecule has 3 N–H and O–H groups in total. The molecule has 7 nitrogen and oxygen atoms in total. The molecular weight excluding hydrogens is 292 g/mol. The lowest BCUT2D eigenvalue weighted by Gasteiger charge is -2.12. The largest absolute Gasteiger partial charge is 0.352 e. The van der Waals surface area contributed by atoms with Gasteiger partial charge in [0.15, 0.2) is 0 Å². The zero-order chi connectivity index (χ0) is 16.8. The molecule has 0 saturated heterocycles. The third-order valence-electron chi connectivity index (χ3n) is 3.36. The number of benzene rings is 1. The Morgan fingerprint density at radius 1 is 1.22 bits per heavy atom. The lowest BCUT2D eigenvalue weighted by atomic mass is 10.1. The van der Waals surface area contributed by atoms with Crippen LogP contribution in [0, 0.1) is 0 Å². The standard InChI is InChI=1S/C16H26N6O/c1-2-18-11-12-19-10-6-9-15(21-22-17)16(23)20-13-14-7-4-3-5-8-14/h3-5,7-8,15,18-19H,2,6,9-13H2,1H3,(H,20,23)/t15-/m0/s1. The number of rotatable bonds is 12. The quantitative estimate of drug-likeness (QED) is 0.237. The van der Waals surface area contributed by atoms with Crippen LogP contribution < -0.4 is 16.0 Å². The van der Waals surface area contributed by atoms with E-state index in [1.165, 1.54) is 0 Å². The number of amides is 1. The molecule has 0 fully saturated rings. The predicted molar refractivity (Wildman–Crippen MR) is 91.9 cm³/mol. The van der Waals surface area contributed by atoms with E-state index in [2.05, 4.69) is 32.9 Å². The predicted octanol–water partition coefficient (Wildman–Crippen LogP) is 1.96. The van der Waals surface area contributed by atoms with Crippen LogP contribution in [0.3, 0.4) is 0 Å². The molecule has 0 unspecified atom stereocenters. The lowest BCUT2D eigenvalue weighted by molar-refractivity contribution is -0.122. The Labute approximate surface area is 137 Å². The minimum atomic E-state index is -0.653. The minimum Gasteiger partial charge on any atom is -0.352 e. The number of nitrogens with zero attached hydrogens (tertiary/aromatic N) is 3. The van der Waals surface area contributed by atoms with Gasteiger partial charge in [-0.2, -0.15) is 0 Å². The molecule has 0 spiro atoms. The maximum Gasteiger partial charge on any atom is 0.229 e. The molecule has 0 bridgehead atoms. The minimum absolute atomic E-state index is 0.223. The van der Waals surface area contributed by atoms with Crippen molar-refractivity contribution in [3.8, 4) is 0 Å². The summed E-state index contributed by atoms with van der Waals surface area (Å²) in [7, 11) is 0. The third-order valence-corrected chi connectivity index (χ3v) is 3.36. The second kappa shape index (κ2) is 12.5. The molecule has 7 heteroatoms. The second-order valence-electron chi connectivity index (χ2n) is 5.17. The first-order valence-electron chi connectivity index (χ1n) is 8.05. The van der Waals surface area contributed by atoms with Gasteiger partial charge in [0, 0.05) is 24.5 Å². The van der Waals surface area contributed by atoms with E-state index in [-0.39, 0.29) is 5.91 Å². The highest BCUT2D eigenvalue weighted by Crippen LogP contribution is 2.04. The molecule has 1 amide bonds. The van der Waals surface area contributed by atoms with Gasteiger partial charge in [0.25, 0.3) is 0 Å². The molecular formula is C16H26N6O. The molecule has 126 valence electrons. The van der Waals surface area contributed by atoms with E-state index in [1.54, 1.807) is 0 Å². The number of carbonyl (C=O) groups is 1. The lowest BCUT2D eigenvalue weighted by Crippen LogP contribution is -2.33. The average Bonchev–Trinajstić information content (AvgIpc) is 2.59. The van der Waals surface area contributed by atoms with Crippen LogP contribution in [-0.4, -0.2) is 38.1 Å². The molecule has 0 aliphatic carbocycles. The van der Waals surface area contributed by atoms with Gasteiger partial charge in [-0.05, 0) is 37.0 Å². The number of nitrogens with one attached hydrogen (secondary N) is 3. The van der Waals surface area contributed by atoms with Crippen LogP contribution >= 0.6 is 0 Å². The van der Waals surface area contributed by atoms with Crippen molar-refractivity contribution in [2.45, 2.75) is 32.4 Å². The smallest absolute Gasteiger partial charge is 0.229 e. The first-order valence-corrected chi connectivity index (χ1v) is 8.05. The van der Waals surface area contributed by atoms with Crippen LogP contribution in [0.2, 0.25) is 0 Å². The third kappa shape index (κ3) is 8.83. The van der Waals surface area contributed by atoms with Crippen molar-refractivity contribution in [1.82, 2.24) is 16.0 Å². The summed E-state index contributed by atoms with van der Waals surface area (Å²) in [5.41, 5.74) is 9.64. The van der Waals surface area contributed by atoms with Crippen molar-refractivity contribution in [2.24, 2.45) is 5.11 Å². The number of hydrogen-bond acceptors (Lipinski definition) is 4. The van der Waals surface area contributed by atoms with Crippen molar-refractivity contribution < 1.29 is 4.79 Å². The van der Waals surface area contributed by atoms with Gasteiger partial charge in [-0.1, -0.05) is 42.4 Å². The summed E-state index contributed by atoms with van der Waals surface area (Å²) < 4.78 is 0. The monoisotopic (exact) mass is 318 g/mol. The summed E-state index contributed by atoms with van der Waals surface area (Å²) in [5.74, 6) is -0.223.